The Kier molecular flexibility index (Phi) is 4.69. The molecule has 25 heavy (non-hydrogen) atoms. The van der Waals surface area contributed by atoms with Crippen LogP contribution in [0, 0.1) is 6.92 Å². The van der Waals surface area contributed by atoms with Gasteiger partial charge in [-0.15, -0.1) is 0 Å². The lowest BCUT2D eigenvalue weighted by Crippen LogP contribution is -2.23. The minimum absolute atomic E-state index is 0.211. The van der Waals surface area contributed by atoms with Crippen molar-refractivity contribution in [1.29, 1.82) is 0 Å². The van der Waals surface area contributed by atoms with Crippen molar-refractivity contribution in [3.63, 3.8) is 0 Å². The monoisotopic (exact) mass is 338 g/mol. The highest BCUT2D eigenvalue weighted by atomic mass is 16.6. The molecule has 0 saturated heterocycles. The van der Waals surface area contributed by atoms with Gasteiger partial charge in [0.15, 0.2) is 0 Å². The number of hydrogen-bond acceptors (Lipinski definition) is 6. The molecule has 8 nitrogen and oxygen atoms in total. The highest BCUT2D eigenvalue weighted by molar-refractivity contribution is 5.97. The van der Waals surface area contributed by atoms with Crippen LogP contribution in [0.25, 0.3) is 5.69 Å². The Bertz CT molecular complexity index is 959. The minimum Gasteiger partial charge on any atom is -0.391 e. The van der Waals surface area contributed by atoms with Gasteiger partial charge in [0.05, 0.1) is 11.4 Å². The predicted octanol–water partition coefficient (Wildman–Crippen LogP) is 1.61. The van der Waals surface area contributed by atoms with Crippen molar-refractivity contribution in [2.24, 2.45) is 12.2 Å². The minimum atomic E-state index is -0.318. The summed E-state index contributed by atoms with van der Waals surface area (Å²) in [6.07, 6.45) is 3.43. The molecule has 0 spiro atoms. The van der Waals surface area contributed by atoms with Crippen molar-refractivity contribution in [2.45, 2.75) is 20.5 Å². The summed E-state index contributed by atoms with van der Waals surface area (Å²) in [6, 6.07) is 9.36. The maximum Gasteiger partial charge on any atom is 0.368 e. The number of tetrazole rings is 1. The van der Waals surface area contributed by atoms with E-state index in [0.29, 0.717) is 5.69 Å². The highest BCUT2D eigenvalue weighted by Gasteiger charge is 2.13. The van der Waals surface area contributed by atoms with Crippen molar-refractivity contribution >= 4 is 5.71 Å². The molecule has 0 fully saturated rings. The highest BCUT2D eigenvalue weighted by Crippen LogP contribution is 2.18. The Hall–Kier alpha value is -3.29. The molecule has 0 aliphatic carbocycles. The molecule has 0 amide bonds. The number of aryl methyl sites for hydroxylation is 2. The van der Waals surface area contributed by atoms with Crippen LogP contribution >= 0.6 is 0 Å². The van der Waals surface area contributed by atoms with Crippen molar-refractivity contribution in [2.75, 3.05) is 0 Å². The number of pyridine rings is 1. The molecule has 1 aromatic carbocycles. The molecule has 0 radical (unpaired) electrons. The first-order chi connectivity index (χ1) is 12.1. The van der Waals surface area contributed by atoms with E-state index in [1.807, 2.05) is 38.1 Å². The molecule has 0 bridgehead atoms. The summed E-state index contributed by atoms with van der Waals surface area (Å²) in [5.41, 5.74) is 3.73. The maximum atomic E-state index is 12.1. The van der Waals surface area contributed by atoms with Gasteiger partial charge in [0.2, 0.25) is 0 Å². The zero-order valence-corrected chi connectivity index (χ0v) is 14.2. The van der Waals surface area contributed by atoms with E-state index in [0.717, 1.165) is 22.4 Å². The lowest BCUT2D eigenvalue weighted by Gasteiger charge is -2.10. The van der Waals surface area contributed by atoms with E-state index < -0.39 is 0 Å². The fourth-order valence-corrected chi connectivity index (χ4v) is 2.36. The van der Waals surface area contributed by atoms with Gasteiger partial charge in [-0.25, -0.2) is 4.79 Å². The Labute approximate surface area is 144 Å². The van der Waals surface area contributed by atoms with Crippen molar-refractivity contribution in [3.05, 3.63) is 69.9 Å². The van der Waals surface area contributed by atoms with Gasteiger partial charge in [-0.3, -0.25) is 4.98 Å². The SMILES string of the molecule is CC(=NOCc1c(C)cccc1-n1nnn(C)c1=O)c1cccnc1. The second kappa shape index (κ2) is 7.08. The smallest absolute Gasteiger partial charge is 0.368 e. The third-order valence-electron chi connectivity index (χ3n) is 3.83. The molecule has 0 saturated carbocycles. The first-order valence-electron chi connectivity index (χ1n) is 7.72. The lowest BCUT2D eigenvalue weighted by molar-refractivity contribution is 0.130. The largest absolute Gasteiger partial charge is 0.391 e. The van der Waals surface area contributed by atoms with Gasteiger partial charge in [0.1, 0.15) is 6.61 Å². The zero-order chi connectivity index (χ0) is 17.8. The summed E-state index contributed by atoms with van der Waals surface area (Å²) in [4.78, 5) is 21.7. The molecule has 0 atom stereocenters. The van der Waals surface area contributed by atoms with Gasteiger partial charge in [-0.1, -0.05) is 17.3 Å². The van der Waals surface area contributed by atoms with Crippen LogP contribution in [0.2, 0.25) is 0 Å². The fraction of sp³-hybridized carbons (Fsp3) is 0.235. The van der Waals surface area contributed by atoms with Crippen LogP contribution in [-0.2, 0) is 18.5 Å². The van der Waals surface area contributed by atoms with E-state index in [9.17, 15) is 4.79 Å². The molecule has 2 heterocycles. The number of nitrogens with zero attached hydrogens (tertiary/aromatic N) is 6. The van der Waals surface area contributed by atoms with Gasteiger partial charge in [-0.2, -0.15) is 9.36 Å². The molecule has 3 aromatic rings. The average Bonchev–Trinajstić information content (AvgIpc) is 2.96. The number of oxime groups is 1. The van der Waals surface area contributed by atoms with Gasteiger partial charge in [0.25, 0.3) is 0 Å². The molecule has 0 aliphatic heterocycles. The van der Waals surface area contributed by atoms with Crippen LogP contribution in [-0.4, -0.2) is 30.5 Å². The number of rotatable bonds is 5. The van der Waals surface area contributed by atoms with Crippen LogP contribution < -0.4 is 5.69 Å². The number of benzene rings is 1. The molecular formula is C17H18N6O2. The van der Waals surface area contributed by atoms with Crippen molar-refractivity contribution < 1.29 is 4.84 Å². The standard InChI is InChI=1S/C17H18N6O2/c1-12-6-4-8-16(23-17(24)22(3)20-21-23)15(12)11-25-19-13(2)14-7-5-9-18-10-14/h4-10H,11H2,1-3H3. The van der Waals surface area contributed by atoms with Gasteiger partial charge in [0, 0.05) is 30.6 Å². The van der Waals surface area contributed by atoms with Crippen LogP contribution in [0.3, 0.4) is 0 Å². The second-order valence-electron chi connectivity index (χ2n) is 5.56. The lowest BCUT2D eigenvalue weighted by atomic mass is 10.1. The fourth-order valence-electron chi connectivity index (χ4n) is 2.36. The first-order valence-corrected chi connectivity index (χ1v) is 7.72. The van der Waals surface area contributed by atoms with E-state index in [1.165, 1.54) is 9.36 Å². The van der Waals surface area contributed by atoms with Gasteiger partial charge in [-0.05, 0) is 48.0 Å². The van der Waals surface area contributed by atoms with Crippen molar-refractivity contribution in [1.82, 2.24) is 24.8 Å². The molecule has 128 valence electrons. The molecule has 3 rings (SSSR count). The molecule has 0 N–H and O–H groups in total. The molecule has 2 aromatic heterocycles. The number of aromatic nitrogens is 5. The van der Waals surface area contributed by atoms with Crippen LogP contribution in [0.5, 0.6) is 0 Å². The van der Waals surface area contributed by atoms with E-state index in [-0.39, 0.29) is 12.3 Å². The Balaban J connectivity index is 1.86. The topological polar surface area (TPSA) is 87.2 Å². The summed E-state index contributed by atoms with van der Waals surface area (Å²) in [5.74, 6) is 0. The Morgan fingerprint density at radius 2 is 2.08 bits per heavy atom. The van der Waals surface area contributed by atoms with Crippen LogP contribution in [0.15, 0.2) is 52.7 Å². The summed E-state index contributed by atoms with van der Waals surface area (Å²) in [5, 5.41) is 11.8. The third-order valence-corrected chi connectivity index (χ3v) is 3.83. The van der Waals surface area contributed by atoms with Gasteiger partial charge < -0.3 is 4.84 Å². The Morgan fingerprint density at radius 3 is 2.76 bits per heavy atom. The molecular weight excluding hydrogens is 320 g/mol. The average molecular weight is 338 g/mol. The van der Waals surface area contributed by atoms with Crippen LogP contribution in [0.1, 0.15) is 23.6 Å². The van der Waals surface area contributed by atoms with Crippen molar-refractivity contribution in [3.8, 4) is 5.69 Å². The van der Waals surface area contributed by atoms with E-state index in [1.54, 1.807) is 25.5 Å². The summed E-state index contributed by atoms with van der Waals surface area (Å²) < 4.78 is 2.43. The predicted molar refractivity (Wildman–Crippen MR) is 92.6 cm³/mol. The Morgan fingerprint density at radius 1 is 1.24 bits per heavy atom. The van der Waals surface area contributed by atoms with E-state index >= 15 is 0 Å². The third kappa shape index (κ3) is 3.47. The van der Waals surface area contributed by atoms with E-state index in [4.69, 9.17) is 4.84 Å². The summed E-state index contributed by atoms with van der Waals surface area (Å²) in [7, 11) is 1.55. The zero-order valence-electron chi connectivity index (χ0n) is 14.2. The molecule has 8 heteroatoms. The second-order valence-corrected chi connectivity index (χ2v) is 5.56. The number of hydrogen-bond donors (Lipinski definition) is 0. The summed E-state index contributed by atoms with van der Waals surface area (Å²) in [6.45, 7) is 4.01. The maximum absolute atomic E-state index is 12.1. The normalized spacial score (nSPS) is 11.6. The molecule has 0 unspecified atom stereocenters. The van der Waals surface area contributed by atoms with E-state index in [2.05, 4.69) is 20.6 Å². The van der Waals surface area contributed by atoms with Crippen LogP contribution in [0.4, 0.5) is 0 Å². The first kappa shape index (κ1) is 16.6. The molecule has 0 aliphatic rings. The quantitative estimate of drug-likeness (QED) is 0.521. The summed E-state index contributed by atoms with van der Waals surface area (Å²) >= 11 is 0. The van der Waals surface area contributed by atoms with Gasteiger partial charge >= 0.3 is 5.69 Å².